The molecule has 0 saturated heterocycles. The summed E-state index contributed by atoms with van der Waals surface area (Å²) in [5.74, 6) is 0.176. The Hall–Kier alpha value is -0.420. The van der Waals surface area contributed by atoms with Gasteiger partial charge in [-0.3, -0.25) is 9.00 Å². The summed E-state index contributed by atoms with van der Waals surface area (Å²) in [5, 5.41) is 2.75. The Morgan fingerprint density at radius 2 is 2.30 bits per heavy atom. The van der Waals surface area contributed by atoms with Crippen LogP contribution >= 0.6 is 0 Å². The fourth-order valence-corrected chi connectivity index (χ4v) is 0.859. The molecule has 5 heteroatoms. The molecule has 0 fully saturated rings. The van der Waals surface area contributed by atoms with Crippen LogP contribution in [0.1, 0.15) is 0 Å². The van der Waals surface area contributed by atoms with E-state index in [-0.39, 0.29) is 12.5 Å². The molecule has 0 aromatic carbocycles. The van der Waals surface area contributed by atoms with Gasteiger partial charge in [-0.05, 0) is 0 Å². The quantitative estimate of drug-likeness (QED) is 0.483. The van der Waals surface area contributed by atoms with Gasteiger partial charge in [0.1, 0.15) is 0 Å². The molecule has 0 radical (unpaired) electrons. The van der Waals surface area contributed by atoms with Gasteiger partial charge in [-0.1, -0.05) is 0 Å². The number of rotatable bonds is 5. The molecule has 3 N–H and O–H groups in total. The molecule has 0 rings (SSSR count). The molecule has 0 aromatic heterocycles. The van der Waals surface area contributed by atoms with Gasteiger partial charge in [0.15, 0.2) is 0 Å². The third-order valence-electron chi connectivity index (χ3n) is 0.866. The monoisotopic (exact) mass is 164 g/mol. The number of amides is 1. The second-order valence-electron chi connectivity index (χ2n) is 1.92. The SMILES string of the molecule is CS(=O)CCNCC(N)=O. The van der Waals surface area contributed by atoms with Crippen LogP contribution in [-0.4, -0.2) is 35.2 Å². The Labute approximate surface area is 62.6 Å². The van der Waals surface area contributed by atoms with E-state index in [0.29, 0.717) is 12.3 Å². The fourth-order valence-electron chi connectivity index (χ4n) is 0.427. The number of hydrogen-bond acceptors (Lipinski definition) is 3. The smallest absolute Gasteiger partial charge is 0.231 e. The molecule has 0 bridgehead atoms. The molecule has 0 heterocycles. The summed E-state index contributed by atoms with van der Waals surface area (Å²) >= 11 is 0. The van der Waals surface area contributed by atoms with Gasteiger partial charge in [-0.15, -0.1) is 0 Å². The van der Waals surface area contributed by atoms with Gasteiger partial charge < -0.3 is 11.1 Å². The molecule has 4 nitrogen and oxygen atoms in total. The maximum absolute atomic E-state index is 10.4. The predicted molar refractivity (Wildman–Crippen MR) is 41.0 cm³/mol. The lowest BCUT2D eigenvalue weighted by Crippen LogP contribution is -2.30. The van der Waals surface area contributed by atoms with Crippen LogP contribution in [0.2, 0.25) is 0 Å². The third kappa shape index (κ3) is 7.58. The van der Waals surface area contributed by atoms with Crippen molar-refractivity contribution in [2.24, 2.45) is 5.73 Å². The number of carbonyl (C=O) groups excluding carboxylic acids is 1. The second kappa shape index (κ2) is 5.37. The third-order valence-corrected chi connectivity index (χ3v) is 1.64. The average molecular weight is 164 g/mol. The van der Waals surface area contributed by atoms with Crippen molar-refractivity contribution in [3.05, 3.63) is 0 Å². The van der Waals surface area contributed by atoms with E-state index < -0.39 is 10.8 Å². The molecule has 0 spiro atoms. The van der Waals surface area contributed by atoms with E-state index in [2.05, 4.69) is 5.32 Å². The van der Waals surface area contributed by atoms with Gasteiger partial charge in [-0.25, -0.2) is 0 Å². The number of nitrogens with two attached hydrogens (primary N) is 1. The van der Waals surface area contributed by atoms with E-state index in [1.165, 1.54) is 0 Å². The molecule has 1 atom stereocenters. The van der Waals surface area contributed by atoms with Crippen molar-refractivity contribution in [3.63, 3.8) is 0 Å². The van der Waals surface area contributed by atoms with Gasteiger partial charge in [0.25, 0.3) is 0 Å². The Kier molecular flexibility index (Phi) is 5.15. The normalized spacial score (nSPS) is 12.9. The van der Waals surface area contributed by atoms with E-state index in [1.54, 1.807) is 6.26 Å². The van der Waals surface area contributed by atoms with Crippen molar-refractivity contribution < 1.29 is 9.00 Å². The minimum Gasteiger partial charge on any atom is -0.369 e. The first kappa shape index (κ1) is 9.58. The second-order valence-corrected chi connectivity index (χ2v) is 3.48. The van der Waals surface area contributed by atoms with E-state index in [0.717, 1.165) is 0 Å². The van der Waals surface area contributed by atoms with Gasteiger partial charge in [0.2, 0.25) is 5.91 Å². The standard InChI is InChI=1S/C5H12N2O2S/c1-10(9)3-2-7-4-5(6)8/h7H,2-4H2,1H3,(H2,6,8). The highest BCUT2D eigenvalue weighted by molar-refractivity contribution is 7.84. The number of hydrogen-bond donors (Lipinski definition) is 2. The van der Waals surface area contributed by atoms with Gasteiger partial charge in [-0.2, -0.15) is 0 Å². The minimum absolute atomic E-state index is 0.164. The molecule has 1 unspecified atom stereocenters. The van der Waals surface area contributed by atoms with E-state index in [1.807, 2.05) is 0 Å². The Morgan fingerprint density at radius 3 is 2.70 bits per heavy atom. The van der Waals surface area contributed by atoms with Crippen LogP contribution in [0.25, 0.3) is 0 Å². The van der Waals surface area contributed by atoms with Crippen LogP contribution in [0.15, 0.2) is 0 Å². The summed E-state index contributed by atoms with van der Waals surface area (Å²) in [6.07, 6.45) is 1.62. The summed E-state index contributed by atoms with van der Waals surface area (Å²) in [5.41, 5.74) is 4.83. The zero-order chi connectivity index (χ0) is 7.98. The first-order valence-corrected chi connectivity index (χ1v) is 4.64. The lowest BCUT2D eigenvalue weighted by Gasteiger charge is -1.97. The highest BCUT2D eigenvalue weighted by Crippen LogP contribution is 1.70. The van der Waals surface area contributed by atoms with Crippen LogP contribution in [0.5, 0.6) is 0 Å². The average Bonchev–Trinajstić information content (AvgIpc) is 1.79. The van der Waals surface area contributed by atoms with Crippen LogP contribution in [0.4, 0.5) is 0 Å². The molecule has 0 aliphatic rings. The molecular weight excluding hydrogens is 152 g/mol. The lowest BCUT2D eigenvalue weighted by molar-refractivity contribution is -0.117. The van der Waals surface area contributed by atoms with Gasteiger partial charge in [0, 0.05) is 29.4 Å². The highest BCUT2D eigenvalue weighted by Gasteiger charge is 1.93. The Balaban J connectivity index is 3.06. The van der Waals surface area contributed by atoms with Crippen LogP contribution in [-0.2, 0) is 15.6 Å². The van der Waals surface area contributed by atoms with Crippen molar-refractivity contribution in [2.45, 2.75) is 0 Å². The zero-order valence-corrected chi connectivity index (χ0v) is 6.74. The number of carbonyl (C=O) groups is 1. The van der Waals surface area contributed by atoms with Crippen molar-refractivity contribution in [3.8, 4) is 0 Å². The minimum atomic E-state index is -0.795. The first-order chi connectivity index (χ1) is 4.63. The summed E-state index contributed by atoms with van der Waals surface area (Å²) in [4.78, 5) is 10.1. The molecule has 60 valence electrons. The molecule has 0 aliphatic carbocycles. The zero-order valence-electron chi connectivity index (χ0n) is 5.92. The summed E-state index contributed by atoms with van der Waals surface area (Å²) in [7, 11) is -0.795. The van der Waals surface area contributed by atoms with Crippen molar-refractivity contribution in [1.82, 2.24) is 5.32 Å². The topological polar surface area (TPSA) is 72.2 Å². The van der Waals surface area contributed by atoms with Crippen molar-refractivity contribution in [2.75, 3.05) is 25.1 Å². The van der Waals surface area contributed by atoms with Crippen molar-refractivity contribution >= 4 is 16.7 Å². The van der Waals surface area contributed by atoms with E-state index in [9.17, 15) is 9.00 Å². The molecule has 10 heavy (non-hydrogen) atoms. The maximum Gasteiger partial charge on any atom is 0.231 e. The van der Waals surface area contributed by atoms with Crippen LogP contribution in [0.3, 0.4) is 0 Å². The Bertz CT molecular complexity index is 122. The fraction of sp³-hybridized carbons (Fsp3) is 0.800. The van der Waals surface area contributed by atoms with E-state index >= 15 is 0 Å². The maximum atomic E-state index is 10.4. The van der Waals surface area contributed by atoms with E-state index in [4.69, 9.17) is 5.73 Å². The molecule has 0 saturated carbocycles. The highest BCUT2D eigenvalue weighted by atomic mass is 32.2. The largest absolute Gasteiger partial charge is 0.369 e. The predicted octanol–water partition coefficient (Wildman–Crippen LogP) is -1.56. The lowest BCUT2D eigenvalue weighted by atomic mass is 10.6. The molecule has 0 aliphatic heterocycles. The summed E-state index contributed by atoms with van der Waals surface area (Å²) in [6.45, 7) is 0.739. The number of nitrogens with one attached hydrogen (secondary N) is 1. The Morgan fingerprint density at radius 1 is 1.70 bits per heavy atom. The summed E-state index contributed by atoms with van der Waals surface area (Å²) in [6, 6.07) is 0. The van der Waals surface area contributed by atoms with Gasteiger partial charge >= 0.3 is 0 Å². The van der Waals surface area contributed by atoms with Crippen LogP contribution < -0.4 is 11.1 Å². The first-order valence-electron chi connectivity index (χ1n) is 2.92. The number of primary amides is 1. The molecular formula is C5H12N2O2S. The molecule has 0 aromatic rings. The van der Waals surface area contributed by atoms with Crippen LogP contribution in [0, 0.1) is 0 Å². The van der Waals surface area contributed by atoms with Crippen molar-refractivity contribution in [1.29, 1.82) is 0 Å². The molecule has 1 amide bonds. The summed E-state index contributed by atoms with van der Waals surface area (Å²) < 4.78 is 10.4. The van der Waals surface area contributed by atoms with Gasteiger partial charge in [0.05, 0.1) is 6.54 Å².